The van der Waals surface area contributed by atoms with Crippen molar-refractivity contribution in [3.8, 4) is 6.07 Å². The van der Waals surface area contributed by atoms with Gasteiger partial charge in [0.05, 0.1) is 5.56 Å². The van der Waals surface area contributed by atoms with E-state index in [4.69, 9.17) is 5.26 Å². The number of carbonyl (C=O) groups excluding carboxylic acids is 2. The molecule has 0 aliphatic carbocycles. The number of hydrogen-bond donors (Lipinski definition) is 0. The van der Waals surface area contributed by atoms with Crippen LogP contribution in [-0.2, 0) is 9.59 Å². The van der Waals surface area contributed by atoms with Crippen molar-refractivity contribution >= 4 is 28.6 Å². The fourth-order valence-corrected chi connectivity index (χ4v) is 2.73. The third-order valence-corrected chi connectivity index (χ3v) is 3.93. The highest BCUT2D eigenvalue weighted by Gasteiger charge is 2.32. The number of amides is 1. The predicted octanol–water partition coefficient (Wildman–Crippen LogP) is 1.59. The Labute approximate surface area is 115 Å². The van der Waals surface area contributed by atoms with Gasteiger partial charge in [0.2, 0.25) is 5.91 Å². The first-order chi connectivity index (χ1) is 9.11. The fourth-order valence-electron chi connectivity index (χ4n) is 2.03. The summed E-state index contributed by atoms with van der Waals surface area (Å²) < 4.78 is 0. The van der Waals surface area contributed by atoms with E-state index >= 15 is 0 Å². The van der Waals surface area contributed by atoms with E-state index in [1.54, 1.807) is 23.2 Å². The molecule has 2 heterocycles. The second kappa shape index (κ2) is 5.85. The van der Waals surface area contributed by atoms with Crippen LogP contribution < -0.4 is 4.90 Å². The molecule has 0 radical (unpaired) electrons. The molecule has 1 aliphatic rings. The topological polar surface area (TPSA) is 74.1 Å². The molecule has 0 spiro atoms. The lowest BCUT2D eigenvalue weighted by Gasteiger charge is -2.16. The van der Waals surface area contributed by atoms with Gasteiger partial charge >= 0.3 is 0 Å². The largest absolute Gasteiger partial charge is 0.295 e. The van der Waals surface area contributed by atoms with Gasteiger partial charge in [-0.25, -0.2) is 4.98 Å². The van der Waals surface area contributed by atoms with Gasteiger partial charge in [-0.15, -0.1) is 0 Å². The van der Waals surface area contributed by atoms with Crippen LogP contribution in [0.1, 0.15) is 18.9 Å². The number of nitriles is 1. The van der Waals surface area contributed by atoms with Crippen LogP contribution in [0.5, 0.6) is 0 Å². The van der Waals surface area contributed by atoms with Crippen LogP contribution in [0.25, 0.3) is 0 Å². The average Bonchev–Trinajstić information content (AvgIpc) is 2.77. The monoisotopic (exact) mass is 275 g/mol. The summed E-state index contributed by atoms with van der Waals surface area (Å²) in [5, 5.41) is 9.09. The van der Waals surface area contributed by atoms with E-state index in [-0.39, 0.29) is 16.9 Å². The molecule has 5 nitrogen and oxygen atoms in total. The molecule has 1 fully saturated rings. The first-order valence-corrected chi connectivity index (χ1v) is 6.89. The zero-order valence-corrected chi connectivity index (χ0v) is 11.3. The molecule has 19 heavy (non-hydrogen) atoms. The van der Waals surface area contributed by atoms with E-state index in [0.717, 1.165) is 0 Å². The Morgan fingerprint density at radius 2 is 2.47 bits per heavy atom. The Balaban J connectivity index is 2.12. The molecule has 1 unspecified atom stereocenters. The lowest BCUT2D eigenvalue weighted by Crippen LogP contribution is -2.26. The lowest BCUT2D eigenvalue weighted by atomic mass is 10.1. The van der Waals surface area contributed by atoms with Gasteiger partial charge in [-0.1, -0.05) is 11.8 Å². The van der Waals surface area contributed by atoms with Crippen LogP contribution in [0.3, 0.4) is 0 Å². The SMILES string of the molecule is CC(=O)SCC1CC(=O)N(c2ncccc2C#N)C1. The highest BCUT2D eigenvalue weighted by molar-refractivity contribution is 8.13. The van der Waals surface area contributed by atoms with Gasteiger partial charge in [0, 0.05) is 31.8 Å². The molecule has 1 saturated heterocycles. The first-order valence-electron chi connectivity index (χ1n) is 5.90. The Hall–Kier alpha value is -1.87. The second-order valence-electron chi connectivity index (χ2n) is 4.36. The molecule has 6 heteroatoms. The van der Waals surface area contributed by atoms with Crippen LogP contribution in [0.4, 0.5) is 5.82 Å². The van der Waals surface area contributed by atoms with Crippen molar-refractivity contribution in [2.24, 2.45) is 5.92 Å². The zero-order chi connectivity index (χ0) is 13.8. The molecule has 1 aromatic rings. The molecule has 98 valence electrons. The molecule has 1 aliphatic heterocycles. The van der Waals surface area contributed by atoms with E-state index in [9.17, 15) is 9.59 Å². The number of anilines is 1. The maximum absolute atomic E-state index is 12.0. The Kier molecular flexibility index (Phi) is 4.17. The van der Waals surface area contributed by atoms with Gasteiger partial charge < -0.3 is 0 Å². The van der Waals surface area contributed by atoms with E-state index in [0.29, 0.717) is 30.1 Å². The van der Waals surface area contributed by atoms with Gasteiger partial charge in [0.1, 0.15) is 6.07 Å². The van der Waals surface area contributed by atoms with Crippen molar-refractivity contribution < 1.29 is 9.59 Å². The lowest BCUT2D eigenvalue weighted by molar-refractivity contribution is -0.117. The summed E-state index contributed by atoms with van der Waals surface area (Å²) in [4.78, 5) is 28.6. The average molecular weight is 275 g/mol. The van der Waals surface area contributed by atoms with E-state index in [1.807, 2.05) is 6.07 Å². The highest BCUT2D eigenvalue weighted by atomic mass is 32.2. The molecule has 0 aromatic carbocycles. The fraction of sp³-hybridized carbons (Fsp3) is 0.385. The van der Waals surface area contributed by atoms with Crippen molar-refractivity contribution in [1.29, 1.82) is 5.26 Å². The molecule has 1 aromatic heterocycles. The summed E-state index contributed by atoms with van der Waals surface area (Å²) in [5.41, 5.74) is 0.399. The van der Waals surface area contributed by atoms with Crippen molar-refractivity contribution in [2.75, 3.05) is 17.2 Å². The minimum absolute atomic E-state index is 0.0376. The minimum Gasteiger partial charge on any atom is -0.295 e. The van der Waals surface area contributed by atoms with Gasteiger partial charge in [-0.05, 0) is 18.1 Å². The molecule has 1 amide bonds. The molecule has 2 rings (SSSR count). The first kappa shape index (κ1) is 13.6. The molecule has 1 atom stereocenters. The van der Waals surface area contributed by atoms with Gasteiger partial charge in [0.15, 0.2) is 10.9 Å². The Morgan fingerprint density at radius 1 is 1.68 bits per heavy atom. The zero-order valence-electron chi connectivity index (χ0n) is 10.5. The summed E-state index contributed by atoms with van der Waals surface area (Å²) in [7, 11) is 0. The third-order valence-electron chi connectivity index (χ3n) is 2.89. The van der Waals surface area contributed by atoms with Gasteiger partial charge in [-0.2, -0.15) is 5.26 Å². The van der Waals surface area contributed by atoms with Crippen molar-refractivity contribution in [3.05, 3.63) is 23.9 Å². The quantitative estimate of drug-likeness (QED) is 0.837. The van der Waals surface area contributed by atoms with E-state index < -0.39 is 0 Å². The number of hydrogen-bond acceptors (Lipinski definition) is 5. The molecule has 0 saturated carbocycles. The Bertz CT molecular complexity index is 553. The summed E-state index contributed by atoms with van der Waals surface area (Å²) in [5.74, 6) is 1.15. The standard InChI is InChI=1S/C13H13N3O2S/c1-9(17)19-8-10-5-12(18)16(7-10)13-11(6-14)3-2-4-15-13/h2-4,10H,5,7-8H2,1H3. The molecule has 0 bridgehead atoms. The van der Waals surface area contributed by atoms with Gasteiger partial charge in [0.25, 0.3) is 0 Å². The summed E-state index contributed by atoms with van der Waals surface area (Å²) in [6.45, 7) is 2.04. The van der Waals surface area contributed by atoms with E-state index in [2.05, 4.69) is 4.98 Å². The van der Waals surface area contributed by atoms with Crippen LogP contribution in [0, 0.1) is 17.2 Å². The summed E-state index contributed by atoms with van der Waals surface area (Å²) >= 11 is 1.23. The predicted molar refractivity (Wildman–Crippen MR) is 72.6 cm³/mol. The number of nitrogens with zero attached hydrogens (tertiary/aromatic N) is 3. The highest BCUT2D eigenvalue weighted by Crippen LogP contribution is 2.27. The number of aromatic nitrogens is 1. The van der Waals surface area contributed by atoms with Crippen LogP contribution in [-0.4, -0.2) is 28.3 Å². The van der Waals surface area contributed by atoms with Gasteiger partial charge in [-0.3, -0.25) is 14.5 Å². The molecule has 0 N–H and O–H groups in total. The smallest absolute Gasteiger partial charge is 0.228 e. The summed E-state index contributed by atoms with van der Waals surface area (Å²) in [6, 6.07) is 5.36. The van der Waals surface area contributed by atoms with Crippen LogP contribution in [0.2, 0.25) is 0 Å². The molecular weight excluding hydrogens is 262 g/mol. The maximum Gasteiger partial charge on any atom is 0.228 e. The third kappa shape index (κ3) is 3.12. The molecular formula is C13H13N3O2S. The van der Waals surface area contributed by atoms with Crippen LogP contribution in [0.15, 0.2) is 18.3 Å². The number of rotatable bonds is 3. The van der Waals surface area contributed by atoms with Crippen LogP contribution >= 0.6 is 11.8 Å². The number of carbonyl (C=O) groups is 2. The van der Waals surface area contributed by atoms with E-state index in [1.165, 1.54) is 18.7 Å². The van der Waals surface area contributed by atoms with Crippen molar-refractivity contribution in [2.45, 2.75) is 13.3 Å². The maximum atomic E-state index is 12.0. The normalized spacial score (nSPS) is 18.4. The number of thioether (sulfide) groups is 1. The number of pyridine rings is 1. The second-order valence-corrected chi connectivity index (χ2v) is 5.56. The summed E-state index contributed by atoms with van der Waals surface area (Å²) in [6.07, 6.45) is 1.98. The minimum atomic E-state index is -0.0376. The van der Waals surface area contributed by atoms with Crippen molar-refractivity contribution in [3.63, 3.8) is 0 Å². The van der Waals surface area contributed by atoms with Crippen molar-refractivity contribution in [1.82, 2.24) is 4.98 Å². The Morgan fingerprint density at radius 3 is 3.16 bits per heavy atom.